The lowest BCUT2D eigenvalue weighted by molar-refractivity contribution is 0.238. The second-order valence-corrected chi connectivity index (χ2v) is 7.34. The minimum absolute atomic E-state index is 0. The van der Waals surface area contributed by atoms with Gasteiger partial charge in [0.2, 0.25) is 0 Å². The van der Waals surface area contributed by atoms with Gasteiger partial charge in [-0.25, -0.2) is 0 Å². The summed E-state index contributed by atoms with van der Waals surface area (Å²) >= 11 is 0. The van der Waals surface area contributed by atoms with Gasteiger partial charge in [-0.1, -0.05) is 48.5 Å². The van der Waals surface area contributed by atoms with Crippen LogP contribution in [0, 0.1) is 0 Å². The van der Waals surface area contributed by atoms with E-state index in [1.807, 2.05) is 34.9 Å². The first-order valence-corrected chi connectivity index (χ1v) is 10.3. The smallest absolute Gasteiger partial charge is 0.191 e. The molecule has 8 heteroatoms. The number of nitrogens with zero attached hydrogens (tertiary/aromatic N) is 5. The highest BCUT2D eigenvalue weighted by molar-refractivity contribution is 14.0. The van der Waals surface area contributed by atoms with Crippen molar-refractivity contribution in [3.63, 3.8) is 0 Å². The Morgan fingerprint density at radius 1 is 1.06 bits per heavy atom. The summed E-state index contributed by atoms with van der Waals surface area (Å²) in [5.74, 6) is 1.59. The third-order valence-corrected chi connectivity index (χ3v) is 5.17. The first-order valence-electron chi connectivity index (χ1n) is 10.3. The molecule has 1 unspecified atom stereocenters. The largest absolute Gasteiger partial charge is 0.356 e. The number of para-hydroxylation sites is 1. The van der Waals surface area contributed by atoms with Crippen LogP contribution >= 0.6 is 24.0 Å². The van der Waals surface area contributed by atoms with E-state index in [0.29, 0.717) is 12.6 Å². The summed E-state index contributed by atoms with van der Waals surface area (Å²) in [6.07, 6.45) is 2.75. The number of nitrogens with one attached hydrogen (secondary N) is 2. The normalized spacial score (nSPS) is 12.3. The molecule has 0 amide bonds. The Bertz CT molecular complexity index is 912. The van der Waals surface area contributed by atoms with Gasteiger partial charge in [0, 0.05) is 31.9 Å². The molecule has 31 heavy (non-hydrogen) atoms. The highest BCUT2D eigenvalue weighted by Crippen LogP contribution is 2.09. The quantitative estimate of drug-likeness (QED) is 0.251. The number of aliphatic imine (C=N–C) groups is 1. The van der Waals surface area contributed by atoms with Gasteiger partial charge in [0.1, 0.15) is 6.33 Å². The lowest BCUT2D eigenvalue weighted by atomic mass is 10.1. The topological polar surface area (TPSA) is 70.4 Å². The van der Waals surface area contributed by atoms with Crippen LogP contribution in [0.25, 0.3) is 5.69 Å². The molecular weight excluding hydrogens is 501 g/mol. The number of guanidine groups is 1. The molecule has 0 radical (unpaired) electrons. The third kappa shape index (κ3) is 7.62. The standard InChI is InChI=1S/C23H31N7.HI/c1-19(29(3)17-20-10-6-4-7-11-20)14-15-25-23(24-2)26-16-22-28-27-18-30(22)21-12-8-5-9-13-21;/h4-13,18-19H,14-17H2,1-3H3,(H2,24,25,26);1H. The molecule has 1 atom stereocenters. The zero-order valence-electron chi connectivity index (χ0n) is 18.4. The molecule has 1 aromatic heterocycles. The van der Waals surface area contributed by atoms with Gasteiger partial charge < -0.3 is 10.6 Å². The Hall–Kier alpha value is -2.46. The molecular formula is C23H32IN7. The fraction of sp³-hybridized carbons (Fsp3) is 0.348. The maximum atomic E-state index is 4.32. The molecule has 3 rings (SSSR count). The zero-order valence-corrected chi connectivity index (χ0v) is 20.7. The molecule has 0 aliphatic carbocycles. The van der Waals surface area contributed by atoms with Crippen molar-refractivity contribution in [3.8, 4) is 5.69 Å². The van der Waals surface area contributed by atoms with E-state index in [1.165, 1.54) is 5.56 Å². The Morgan fingerprint density at radius 3 is 2.42 bits per heavy atom. The van der Waals surface area contributed by atoms with Crippen molar-refractivity contribution in [2.24, 2.45) is 4.99 Å². The van der Waals surface area contributed by atoms with Crippen molar-refractivity contribution in [2.45, 2.75) is 32.5 Å². The van der Waals surface area contributed by atoms with Crippen LogP contribution in [0.5, 0.6) is 0 Å². The number of hydrogen-bond donors (Lipinski definition) is 2. The van der Waals surface area contributed by atoms with Gasteiger partial charge in [-0.2, -0.15) is 0 Å². The fourth-order valence-corrected chi connectivity index (χ4v) is 3.21. The van der Waals surface area contributed by atoms with Crippen LogP contribution in [0.4, 0.5) is 0 Å². The van der Waals surface area contributed by atoms with Crippen LogP contribution in [0.1, 0.15) is 24.7 Å². The average molecular weight is 533 g/mol. The van der Waals surface area contributed by atoms with Gasteiger partial charge in [-0.3, -0.25) is 14.5 Å². The Morgan fingerprint density at radius 2 is 1.74 bits per heavy atom. The Balaban J connectivity index is 0.00000341. The Labute approximate surface area is 202 Å². The first-order chi connectivity index (χ1) is 14.7. The minimum Gasteiger partial charge on any atom is -0.356 e. The number of benzene rings is 2. The lowest BCUT2D eigenvalue weighted by Gasteiger charge is -2.25. The summed E-state index contributed by atoms with van der Waals surface area (Å²) in [6.45, 7) is 4.58. The zero-order chi connectivity index (χ0) is 21.2. The van der Waals surface area contributed by atoms with E-state index in [2.05, 4.69) is 75.0 Å². The Kier molecular flexibility index (Phi) is 10.5. The van der Waals surface area contributed by atoms with Gasteiger partial charge in [-0.05, 0) is 38.1 Å². The fourth-order valence-electron chi connectivity index (χ4n) is 3.21. The summed E-state index contributed by atoms with van der Waals surface area (Å²) in [7, 11) is 3.95. The summed E-state index contributed by atoms with van der Waals surface area (Å²) in [6, 6.07) is 21.1. The van der Waals surface area contributed by atoms with E-state index in [0.717, 1.165) is 37.0 Å². The maximum Gasteiger partial charge on any atom is 0.191 e. The molecule has 0 saturated carbocycles. The second kappa shape index (κ2) is 13.1. The number of rotatable bonds is 9. The van der Waals surface area contributed by atoms with E-state index in [1.54, 1.807) is 13.4 Å². The van der Waals surface area contributed by atoms with E-state index in [9.17, 15) is 0 Å². The van der Waals surface area contributed by atoms with E-state index < -0.39 is 0 Å². The summed E-state index contributed by atoms with van der Waals surface area (Å²) in [5.41, 5.74) is 2.37. The molecule has 7 nitrogen and oxygen atoms in total. The molecule has 2 aromatic carbocycles. The highest BCUT2D eigenvalue weighted by Gasteiger charge is 2.11. The molecule has 3 aromatic rings. The second-order valence-electron chi connectivity index (χ2n) is 7.34. The summed E-state index contributed by atoms with van der Waals surface area (Å²) in [4.78, 5) is 6.69. The van der Waals surface area contributed by atoms with Crippen molar-refractivity contribution < 1.29 is 0 Å². The van der Waals surface area contributed by atoms with Crippen molar-refractivity contribution in [2.75, 3.05) is 20.6 Å². The van der Waals surface area contributed by atoms with Gasteiger partial charge in [0.15, 0.2) is 11.8 Å². The monoisotopic (exact) mass is 533 g/mol. The number of aromatic nitrogens is 3. The van der Waals surface area contributed by atoms with Crippen LogP contribution in [0.3, 0.4) is 0 Å². The van der Waals surface area contributed by atoms with Crippen molar-refractivity contribution in [3.05, 3.63) is 78.4 Å². The van der Waals surface area contributed by atoms with Crippen LogP contribution in [-0.4, -0.2) is 52.3 Å². The molecule has 0 bridgehead atoms. The maximum absolute atomic E-state index is 4.32. The average Bonchev–Trinajstić information content (AvgIpc) is 3.26. The number of halogens is 1. The van der Waals surface area contributed by atoms with Gasteiger partial charge in [-0.15, -0.1) is 34.2 Å². The van der Waals surface area contributed by atoms with Gasteiger partial charge >= 0.3 is 0 Å². The van der Waals surface area contributed by atoms with E-state index in [4.69, 9.17) is 0 Å². The molecule has 0 fully saturated rings. The first kappa shape index (κ1) is 24.8. The van der Waals surface area contributed by atoms with Crippen LogP contribution in [0.15, 0.2) is 72.0 Å². The van der Waals surface area contributed by atoms with Gasteiger partial charge in [0.25, 0.3) is 0 Å². The van der Waals surface area contributed by atoms with Crippen LogP contribution < -0.4 is 10.6 Å². The summed E-state index contributed by atoms with van der Waals surface area (Å²) < 4.78 is 1.97. The predicted octanol–water partition coefficient (Wildman–Crippen LogP) is 3.46. The molecule has 0 aliphatic rings. The van der Waals surface area contributed by atoms with Crippen molar-refractivity contribution in [1.82, 2.24) is 30.3 Å². The molecule has 0 spiro atoms. The predicted molar refractivity (Wildman–Crippen MR) is 137 cm³/mol. The molecule has 166 valence electrons. The van der Waals surface area contributed by atoms with Crippen molar-refractivity contribution >= 4 is 29.9 Å². The molecule has 0 aliphatic heterocycles. The molecule has 1 heterocycles. The third-order valence-electron chi connectivity index (χ3n) is 5.17. The molecule has 0 saturated heterocycles. The van der Waals surface area contributed by atoms with E-state index >= 15 is 0 Å². The lowest BCUT2D eigenvalue weighted by Crippen LogP contribution is -2.40. The molecule has 2 N–H and O–H groups in total. The SMILES string of the molecule is CN=C(NCCC(C)N(C)Cc1ccccc1)NCc1nncn1-c1ccccc1.I. The van der Waals surface area contributed by atoms with E-state index in [-0.39, 0.29) is 24.0 Å². The van der Waals surface area contributed by atoms with Gasteiger partial charge in [0.05, 0.1) is 6.54 Å². The summed E-state index contributed by atoms with van der Waals surface area (Å²) in [5, 5.41) is 15.0. The van der Waals surface area contributed by atoms with Crippen molar-refractivity contribution in [1.29, 1.82) is 0 Å². The number of hydrogen-bond acceptors (Lipinski definition) is 4. The van der Waals surface area contributed by atoms with Crippen LogP contribution in [0.2, 0.25) is 0 Å². The minimum atomic E-state index is 0. The highest BCUT2D eigenvalue weighted by atomic mass is 127. The van der Waals surface area contributed by atoms with Crippen LogP contribution in [-0.2, 0) is 13.1 Å².